The third-order valence-corrected chi connectivity index (χ3v) is 3.71. The van der Waals surface area contributed by atoms with Crippen LogP contribution in [0.3, 0.4) is 0 Å². The van der Waals surface area contributed by atoms with Gasteiger partial charge >= 0.3 is 5.97 Å². The summed E-state index contributed by atoms with van der Waals surface area (Å²) >= 11 is 0. The van der Waals surface area contributed by atoms with Gasteiger partial charge in [-0.15, -0.1) is 0 Å². The highest BCUT2D eigenvalue weighted by molar-refractivity contribution is 5.76. The lowest BCUT2D eigenvalue weighted by Crippen LogP contribution is -2.24. The summed E-state index contributed by atoms with van der Waals surface area (Å²) in [5, 5.41) is 9.35. The summed E-state index contributed by atoms with van der Waals surface area (Å²) in [6.07, 6.45) is 3.21. The Morgan fingerprint density at radius 2 is 1.89 bits per heavy atom. The number of carboxylic acid groups (broad SMARTS) is 1. The van der Waals surface area contributed by atoms with Crippen LogP contribution in [0.25, 0.3) is 0 Å². The fraction of sp³-hybridized carbons (Fsp3) is 0.533. The Balaban J connectivity index is 1.99. The van der Waals surface area contributed by atoms with Crippen LogP contribution < -0.4 is 0 Å². The van der Waals surface area contributed by atoms with Crippen LogP contribution in [-0.4, -0.2) is 35.6 Å². The van der Waals surface area contributed by atoms with Gasteiger partial charge in [0.25, 0.3) is 0 Å². The van der Waals surface area contributed by atoms with Crippen LogP contribution in [0.4, 0.5) is 0 Å². The third-order valence-electron chi connectivity index (χ3n) is 3.71. The first-order valence-corrected chi connectivity index (χ1v) is 6.68. The van der Waals surface area contributed by atoms with E-state index in [0.717, 1.165) is 25.2 Å². The van der Waals surface area contributed by atoms with Gasteiger partial charge in [0.1, 0.15) is 0 Å². The van der Waals surface area contributed by atoms with Crippen molar-refractivity contribution in [3.8, 4) is 0 Å². The minimum absolute atomic E-state index is 0.369. The molecule has 1 aromatic carbocycles. The van der Waals surface area contributed by atoms with Crippen molar-refractivity contribution in [2.75, 3.05) is 19.6 Å². The summed E-state index contributed by atoms with van der Waals surface area (Å²) in [6, 6.07) is 7.86. The standard InChI is InChI=1S/C15H21NO2/c1-12-4-6-13(7-5-12)14(15(17)18)8-11-16-9-2-3-10-16/h4-7,14H,2-3,8-11H2,1H3,(H,17,18). The molecule has 1 unspecified atom stereocenters. The number of carboxylic acids is 1. The van der Waals surface area contributed by atoms with E-state index in [0.29, 0.717) is 6.42 Å². The Hall–Kier alpha value is -1.35. The molecule has 3 heteroatoms. The Labute approximate surface area is 108 Å². The van der Waals surface area contributed by atoms with Crippen LogP contribution in [-0.2, 0) is 4.79 Å². The second-order valence-corrected chi connectivity index (χ2v) is 5.14. The smallest absolute Gasteiger partial charge is 0.311 e. The van der Waals surface area contributed by atoms with Crippen molar-refractivity contribution < 1.29 is 9.90 Å². The summed E-state index contributed by atoms with van der Waals surface area (Å²) in [4.78, 5) is 13.7. The van der Waals surface area contributed by atoms with E-state index in [1.54, 1.807) is 0 Å². The Kier molecular flexibility index (Phi) is 4.37. The van der Waals surface area contributed by atoms with E-state index in [2.05, 4.69) is 4.90 Å². The molecule has 1 saturated heterocycles. The van der Waals surface area contributed by atoms with Crippen LogP contribution in [0.2, 0.25) is 0 Å². The molecule has 1 fully saturated rings. The van der Waals surface area contributed by atoms with Crippen molar-refractivity contribution in [1.82, 2.24) is 4.90 Å². The molecule has 0 aromatic heterocycles. The van der Waals surface area contributed by atoms with Crippen molar-refractivity contribution in [3.63, 3.8) is 0 Å². The second-order valence-electron chi connectivity index (χ2n) is 5.14. The summed E-state index contributed by atoms with van der Waals surface area (Å²) < 4.78 is 0. The fourth-order valence-corrected chi connectivity index (χ4v) is 2.55. The maximum absolute atomic E-state index is 11.4. The van der Waals surface area contributed by atoms with E-state index >= 15 is 0 Å². The number of carbonyl (C=O) groups is 1. The molecule has 3 nitrogen and oxygen atoms in total. The van der Waals surface area contributed by atoms with Gasteiger partial charge in [-0.25, -0.2) is 0 Å². The minimum Gasteiger partial charge on any atom is -0.481 e. The molecule has 1 aliphatic rings. The van der Waals surface area contributed by atoms with Crippen LogP contribution in [0.15, 0.2) is 24.3 Å². The van der Waals surface area contributed by atoms with Gasteiger partial charge in [0.15, 0.2) is 0 Å². The molecule has 0 amide bonds. The zero-order chi connectivity index (χ0) is 13.0. The van der Waals surface area contributed by atoms with Crippen LogP contribution in [0.5, 0.6) is 0 Å². The molecule has 1 heterocycles. The number of hydrogen-bond donors (Lipinski definition) is 1. The van der Waals surface area contributed by atoms with Gasteiger partial charge in [0.05, 0.1) is 5.92 Å². The van der Waals surface area contributed by atoms with E-state index in [9.17, 15) is 9.90 Å². The normalized spacial score (nSPS) is 17.8. The number of aryl methyl sites for hydroxylation is 1. The lowest BCUT2D eigenvalue weighted by atomic mass is 9.95. The molecule has 1 aromatic rings. The highest BCUT2D eigenvalue weighted by Crippen LogP contribution is 2.22. The summed E-state index contributed by atoms with van der Waals surface area (Å²) in [7, 11) is 0. The average Bonchev–Trinajstić information content (AvgIpc) is 2.84. The van der Waals surface area contributed by atoms with Crippen LogP contribution >= 0.6 is 0 Å². The predicted octanol–water partition coefficient (Wildman–Crippen LogP) is 2.65. The highest BCUT2D eigenvalue weighted by atomic mass is 16.4. The first kappa shape index (κ1) is 13.1. The zero-order valence-corrected chi connectivity index (χ0v) is 10.9. The molecule has 2 rings (SSSR count). The molecule has 1 N–H and O–H groups in total. The van der Waals surface area contributed by atoms with Crippen molar-refractivity contribution in [2.45, 2.75) is 32.1 Å². The molecule has 0 bridgehead atoms. The van der Waals surface area contributed by atoms with Gasteiger partial charge in [0.2, 0.25) is 0 Å². The maximum Gasteiger partial charge on any atom is 0.311 e. The first-order valence-electron chi connectivity index (χ1n) is 6.68. The number of likely N-dealkylation sites (tertiary alicyclic amines) is 1. The number of nitrogens with zero attached hydrogens (tertiary/aromatic N) is 1. The summed E-state index contributed by atoms with van der Waals surface area (Å²) in [5.74, 6) is -1.08. The molecule has 98 valence electrons. The number of benzene rings is 1. The van der Waals surface area contributed by atoms with Gasteiger partial charge in [0, 0.05) is 0 Å². The largest absolute Gasteiger partial charge is 0.481 e. The van der Waals surface area contributed by atoms with E-state index < -0.39 is 5.97 Å². The first-order chi connectivity index (χ1) is 8.66. The molecule has 0 spiro atoms. The molecule has 0 aliphatic carbocycles. The molecular formula is C15H21NO2. The Bertz CT molecular complexity index is 393. The molecular weight excluding hydrogens is 226 g/mol. The molecule has 0 radical (unpaired) electrons. The zero-order valence-electron chi connectivity index (χ0n) is 10.9. The van der Waals surface area contributed by atoms with Crippen molar-refractivity contribution in [3.05, 3.63) is 35.4 Å². The monoisotopic (exact) mass is 247 g/mol. The lowest BCUT2D eigenvalue weighted by Gasteiger charge is -2.18. The lowest BCUT2D eigenvalue weighted by molar-refractivity contribution is -0.139. The van der Waals surface area contributed by atoms with Crippen molar-refractivity contribution in [2.24, 2.45) is 0 Å². The molecule has 0 saturated carbocycles. The van der Waals surface area contributed by atoms with Gasteiger partial charge in [-0.3, -0.25) is 4.79 Å². The van der Waals surface area contributed by atoms with E-state index in [1.807, 2.05) is 31.2 Å². The molecule has 18 heavy (non-hydrogen) atoms. The summed E-state index contributed by atoms with van der Waals surface area (Å²) in [6.45, 7) is 5.16. The molecule has 1 aliphatic heterocycles. The third kappa shape index (κ3) is 3.33. The number of hydrogen-bond acceptors (Lipinski definition) is 2. The van der Waals surface area contributed by atoms with E-state index in [4.69, 9.17) is 0 Å². The SMILES string of the molecule is Cc1ccc(C(CCN2CCCC2)C(=O)O)cc1. The Morgan fingerprint density at radius 1 is 1.28 bits per heavy atom. The summed E-state index contributed by atoms with van der Waals surface area (Å²) in [5.41, 5.74) is 2.09. The maximum atomic E-state index is 11.4. The van der Waals surface area contributed by atoms with E-state index in [-0.39, 0.29) is 5.92 Å². The fourth-order valence-electron chi connectivity index (χ4n) is 2.55. The van der Waals surface area contributed by atoms with Gasteiger partial charge in [-0.05, 0) is 51.4 Å². The highest BCUT2D eigenvalue weighted by Gasteiger charge is 2.21. The molecule has 1 atom stereocenters. The topological polar surface area (TPSA) is 40.5 Å². The van der Waals surface area contributed by atoms with E-state index in [1.165, 1.54) is 18.4 Å². The number of rotatable bonds is 5. The van der Waals surface area contributed by atoms with Gasteiger partial charge < -0.3 is 10.0 Å². The van der Waals surface area contributed by atoms with Crippen molar-refractivity contribution >= 4 is 5.97 Å². The minimum atomic E-state index is -0.710. The second kappa shape index (κ2) is 6.01. The van der Waals surface area contributed by atoms with Crippen molar-refractivity contribution in [1.29, 1.82) is 0 Å². The Morgan fingerprint density at radius 3 is 2.44 bits per heavy atom. The number of aliphatic carboxylic acids is 1. The predicted molar refractivity (Wildman–Crippen MR) is 71.8 cm³/mol. The van der Waals surface area contributed by atoms with Gasteiger partial charge in [-0.1, -0.05) is 29.8 Å². The van der Waals surface area contributed by atoms with Crippen LogP contribution in [0.1, 0.15) is 36.3 Å². The average molecular weight is 247 g/mol. The van der Waals surface area contributed by atoms with Crippen LogP contribution in [0, 0.1) is 6.92 Å². The quantitative estimate of drug-likeness (QED) is 0.869. The van der Waals surface area contributed by atoms with Gasteiger partial charge in [-0.2, -0.15) is 0 Å².